The second-order valence-electron chi connectivity index (χ2n) is 32.6. The van der Waals surface area contributed by atoms with Crippen LogP contribution >= 0.6 is 0 Å². The Morgan fingerprint density at radius 1 is 0.673 bits per heavy atom. The molecule has 3 heterocycles. The first-order chi connectivity index (χ1) is 49.9. The number of carbonyl (C=O) groups is 12. The molecule has 26 nitrogen and oxygen atoms in total. The lowest BCUT2D eigenvalue weighted by atomic mass is 9.58. The van der Waals surface area contributed by atoms with Crippen LogP contribution in [-0.2, 0) is 67.0 Å². The van der Waals surface area contributed by atoms with Crippen LogP contribution in [0, 0.1) is 40.9 Å². The van der Waals surface area contributed by atoms with Gasteiger partial charge in [0, 0.05) is 102 Å². The monoisotopic (exact) mass is 1520 g/mol. The van der Waals surface area contributed by atoms with Gasteiger partial charge in [-0.25, -0.2) is 8.78 Å². The van der Waals surface area contributed by atoms with E-state index >= 15 is 28.8 Å². The van der Waals surface area contributed by atoms with Crippen molar-refractivity contribution >= 4 is 70.9 Å². The Balaban J connectivity index is 1.50. The molecule has 5 fully saturated rings. The molecule has 12 amide bonds. The van der Waals surface area contributed by atoms with Crippen molar-refractivity contribution in [2.24, 2.45) is 40.9 Å². The molecule has 6 aliphatic rings. The number of carbonyl (C=O) groups excluding carboxylic acids is 12. The van der Waals surface area contributed by atoms with Crippen molar-refractivity contribution in [3.8, 4) is 0 Å². The number of methoxy groups -OCH3 is 1. The summed E-state index contributed by atoms with van der Waals surface area (Å²) in [5.41, 5.74) is -2.27. The Bertz CT molecular complexity index is 3190. The van der Waals surface area contributed by atoms with Gasteiger partial charge in [-0.15, -0.1) is 0 Å². The summed E-state index contributed by atoms with van der Waals surface area (Å²) in [6, 6.07) is -10.9. The Morgan fingerprint density at radius 3 is 1.86 bits per heavy atom. The van der Waals surface area contributed by atoms with Crippen molar-refractivity contribution in [2.75, 3.05) is 96.3 Å². The van der Waals surface area contributed by atoms with Crippen molar-refractivity contribution in [3.63, 3.8) is 0 Å². The van der Waals surface area contributed by atoms with Crippen LogP contribution in [0.3, 0.4) is 0 Å². The largest absolute Gasteiger partial charge is 0.394 e. The molecule has 0 aromatic rings. The molecule has 606 valence electrons. The number of amides is 12. The minimum atomic E-state index is -4.56. The van der Waals surface area contributed by atoms with Crippen LogP contribution in [0.1, 0.15) is 184 Å². The van der Waals surface area contributed by atoms with Crippen molar-refractivity contribution in [3.05, 3.63) is 12.2 Å². The fourth-order valence-electron chi connectivity index (χ4n) is 17.3. The second kappa shape index (κ2) is 37.6. The van der Waals surface area contributed by atoms with Crippen LogP contribution < -0.4 is 16.0 Å². The Kier molecular flexibility index (Phi) is 31.2. The zero-order chi connectivity index (χ0) is 80.3. The van der Waals surface area contributed by atoms with Crippen LogP contribution in [0.4, 0.5) is 22.0 Å². The maximum atomic E-state index is 15.8. The lowest BCUT2D eigenvalue weighted by Crippen LogP contribution is -2.71. The molecule has 2 bridgehead atoms. The molecule has 6 rings (SSSR count). The number of alkyl halides is 5. The highest BCUT2D eigenvalue weighted by molar-refractivity contribution is 6.01. The normalized spacial score (nSPS) is 30.2. The number of hydrogen-bond acceptors (Lipinski definition) is 14. The quantitative estimate of drug-likeness (QED) is 0.125. The van der Waals surface area contributed by atoms with Crippen LogP contribution in [0.5, 0.6) is 0 Å². The molecule has 107 heavy (non-hydrogen) atoms. The molecule has 3 N–H and O–H groups in total. The van der Waals surface area contributed by atoms with Gasteiger partial charge in [-0.1, -0.05) is 86.8 Å². The summed E-state index contributed by atoms with van der Waals surface area (Å²) < 4.78 is 84.1. The predicted octanol–water partition coefficient (Wildman–Crippen LogP) is 6.03. The molecule has 0 aromatic heterocycles. The van der Waals surface area contributed by atoms with E-state index in [4.69, 9.17) is 9.47 Å². The van der Waals surface area contributed by atoms with Gasteiger partial charge in [-0.2, -0.15) is 13.2 Å². The fourth-order valence-corrected chi connectivity index (χ4v) is 17.3. The average Bonchev–Trinajstić information content (AvgIpc) is 1.27. The van der Waals surface area contributed by atoms with Crippen molar-refractivity contribution < 1.29 is 89.0 Å². The van der Waals surface area contributed by atoms with Gasteiger partial charge in [0.1, 0.15) is 53.9 Å². The number of ether oxygens (including phenoxy) is 2. The maximum absolute atomic E-state index is 15.8. The van der Waals surface area contributed by atoms with E-state index in [1.54, 1.807) is 46.8 Å². The molecule has 0 aromatic carbocycles. The molecule has 13 atom stereocenters. The Morgan fingerprint density at radius 2 is 1.30 bits per heavy atom. The molecule has 3 unspecified atom stereocenters. The first-order valence-corrected chi connectivity index (χ1v) is 38.5. The zero-order valence-corrected chi connectivity index (χ0v) is 66.5. The van der Waals surface area contributed by atoms with E-state index in [2.05, 4.69) is 16.0 Å². The molecular formula is C76H123F5N12O14. The summed E-state index contributed by atoms with van der Waals surface area (Å²) in [7, 11) is 12.3. The van der Waals surface area contributed by atoms with Gasteiger partial charge in [-0.3, -0.25) is 57.5 Å². The van der Waals surface area contributed by atoms with Crippen LogP contribution in [0.25, 0.3) is 0 Å². The molecule has 31 heteroatoms. The zero-order valence-electron chi connectivity index (χ0n) is 66.5. The molecule has 3 aliphatic heterocycles. The van der Waals surface area contributed by atoms with Gasteiger partial charge in [0.05, 0.1) is 37.6 Å². The van der Waals surface area contributed by atoms with Gasteiger partial charge < -0.3 is 69.5 Å². The third-order valence-electron chi connectivity index (χ3n) is 23.6. The van der Waals surface area contributed by atoms with Gasteiger partial charge in [-0.05, 0) is 119 Å². The van der Waals surface area contributed by atoms with E-state index in [0.717, 1.165) is 24.5 Å². The number of hydrogen-bond donors (Lipinski definition) is 3. The minimum absolute atomic E-state index is 0.00776. The first-order valence-electron chi connectivity index (χ1n) is 38.5. The van der Waals surface area contributed by atoms with Gasteiger partial charge in [0.2, 0.25) is 76.8 Å². The maximum Gasteiger partial charge on any atom is 0.394 e. The summed E-state index contributed by atoms with van der Waals surface area (Å²) >= 11 is 0. The molecule has 3 saturated carbocycles. The Labute approximate surface area is 629 Å². The summed E-state index contributed by atoms with van der Waals surface area (Å²) in [6.07, 6.45) is -3.87. The van der Waals surface area contributed by atoms with E-state index in [-0.39, 0.29) is 103 Å². The molecule has 3 aliphatic carbocycles. The minimum Gasteiger partial charge on any atom is -0.381 e. The van der Waals surface area contributed by atoms with E-state index in [1.807, 2.05) is 27.7 Å². The number of fused-ring (bicyclic) bond motifs is 3. The first kappa shape index (κ1) is 88.8. The lowest BCUT2D eigenvalue weighted by Gasteiger charge is -2.54. The van der Waals surface area contributed by atoms with Crippen LogP contribution in [-0.4, -0.2) is 289 Å². The summed E-state index contributed by atoms with van der Waals surface area (Å²) in [6.45, 7) is 14.6. The molecular weight excluding hydrogens is 1400 g/mol. The summed E-state index contributed by atoms with van der Waals surface area (Å²) in [5.74, 6) is -16.3. The molecule has 2 saturated heterocycles. The smallest absolute Gasteiger partial charge is 0.381 e. The number of halogens is 5. The highest BCUT2D eigenvalue weighted by Gasteiger charge is 2.59. The number of nitrogens with one attached hydrogen (secondary N) is 3. The van der Waals surface area contributed by atoms with Crippen LogP contribution in [0.2, 0.25) is 0 Å². The van der Waals surface area contributed by atoms with Gasteiger partial charge in [0.25, 0.3) is 0 Å². The van der Waals surface area contributed by atoms with Gasteiger partial charge >= 0.3 is 6.18 Å². The molecule has 1 spiro atoms. The highest BCUT2D eigenvalue weighted by atomic mass is 19.4. The van der Waals surface area contributed by atoms with E-state index < -0.39 is 222 Å². The predicted molar refractivity (Wildman–Crippen MR) is 389 cm³/mol. The topological polar surface area (TPSA) is 289 Å². The highest BCUT2D eigenvalue weighted by Crippen LogP contribution is 2.50. The van der Waals surface area contributed by atoms with Crippen molar-refractivity contribution in [1.29, 1.82) is 0 Å². The number of rotatable bonds is 15. The van der Waals surface area contributed by atoms with E-state index in [9.17, 15) is 50.7 Å². The average molecular weight is 1520 g/mol. The van der Waals surface area contributed by atoms with Crippen LogP contribution in [0.15, 0.2) is 12.2 Å². The standard InChI is InChI=1S/C76H123F5N12O14/c1-19-46(7)61-70(103)87(13)42-60(96)88(14)53-26-24-23-25-35-92(69(53)102)56(36-48-31-33-75(77,78)34-32-48)68(101)86(12)41-58(94)82-52(30-28-47-27-29-51(76(79,80)81)57(37-47)106-18)66(99)93-40-50(107-22-4)38-54(93)64(97)84-74(43-73(8,9)44-74)72(105)91(17)63(49(20-2)21-3)71(104)89(15)55(67(100)85(10)11)39-59(95)90(16)62(45(5)6)65(98)83-61/h23-24,45-57,61-63H,19-22,25-44H2,1-18H3,(H,82,94)(H,83,98)(H,84,97)/b24-23-/t46-,47?,50+,51?,52-,53-,54-,55-,56-,57?,61-,62-,63-/m0/s1. The SMILES string of the molecule is CCO[C@@H]1C[C@H]2C(=O)NC3(CC(C)(C)C3)C(=O)N(C)[C@@H](C(CC)CC)C(=O)N(C)[C@H](C(=O)N(C)C)CC(=O)N(C)[C@@H](C(C)C)C(=O)N[C@@H]([C@@H](C)CC)C(=O)N(C)CC(=O)N(C)[C@H]3C/C=C\CCN(C3=O)[C@@H](CC3CCC(F)(F)CC3)C(=O)N(C)CC(=O)N[C@@H](CCC3CCC(C(F)(F)F)C(OC)C3)C(=O)N2C1. The number of nitrogens with zero attached hydrogens (tertiary/aromatic N) is 9. The lowest BCUT2D eigenvalue weighted by molar-refractivity contribution is -0.215. The Hall–Kier alpha value is -7.05. The third-order valence-corrected chi connectivity index (χ3v) is 23.6. The second-order valence-corrected chi connectivity index (χ2v) is 32.6. The summed E-state index contributed by atoms with van der Waals surface area (Å²) in [5, 5.41) is 8.70. The molecule has 0 radical (unpaired) electrons. The third kappa shape index (κ3) is 21.7. The van der Waals surface area contributed by atoms with E-state index in [1.165, 1.54) is 83.1 Å². The fraction of sp³-hybridized carbons (Fsp3) is 0.816. The van der Waals surface area contributed by atoms with Crippen molar-refractivity contribution in [1.82, 2.24) is 60.0 Å². The number of likely N-dealkylation sites (N-methyl/N-ethyl adjacent to an activating group) is 7. The summed E-state index contributed by atoms with van der Waals surface area (Å²) in [4.78, 5) is 192. The van der Waals surface area contributed by atoms with Gasteiger partial charge in [0.15, 0.2) is 0 Å². The van der Waals surface area contributed by atoms with Crippen molar-refractivity contribution in [2.45, 2.75) is 262 Å². The van der Waals surface area contributed by atoms with E-state index in [0.29, 0.717) is 19.3 Å².